The van der Waals surface area contributed by atoms with Crippen molar-refractivity contribution >= 4 is 27.7 Å². The zero-order valence-electron chi connectivity index (χ0n) is 10.8. The van der Waals surface area contributed by atoms with Crippen LogP contribution in [0.25, 0.3) is 0 Å². The number of aromatic nitrogens is 1. The summed E-state index contributed by atoms with van der Waals surface area (Å²) in [5.41, 5.74) is 1.74. The summed E-state index contributed by atoms with van der Waals surface area (Å²) in [4.78, 5) is 23.6. The monoisotopic (exact) mass is 395 g/mol. The molecule has 0 spiro atoms. The van der Waals surface area contributed by atoms with Gasteiger partial charge in [-0.2, -0.15) is 0 Å². The second-order valence-electron chi connectivity index (χ2n) is 4.77. The number of fused-ring (bicyclic) bond motifs is 1. The van der Waals surface area contributed by atoms with E-state index in [0.717, 1.165) is 0 Å². The van der Waals surface area contributed by atoms with E-state index in [1.54, 1.807) is 34.9 Å². The van der Waals surface area contributed by atoms with Crippen molar-refractivity contribution in [3.63, 3.8) is 0 Å². The summed E-state index contributed by atoms with van der Waals surface area (Å²) in [5.74, 6) is -1.85. The van der Waals surface area contributed by atoms with E-state index in [1.165, 1.54) is 0 Å². The predicted octanol–water partition coefficient (Wildman–Crippen LogP) is 1.72. The third-order valence-corrected chi connectivity index (χ3v) is 4.25. The molecule has 0 bridgehead atoms. The SMILES string of the molecule is O=C(c1ccccc1)c1cc(Br)c2n1CCC2C(=O)[O-].[Cu+]. The average molecular weight is 397 g/mol. The number of nitrogens with zero attached hydrogens (tertiary/aromatic N) is 1. The fourth-order valence-electron chi connectivity index (χ4n) is 2.68. The number of benzene rings is 1. The summed E-state index contributed by atoms with van der Waals surface area (Å²) in [7, 11) is 0. The standard InChI is InChI=1S/C15H12BrNO3.Cu/c16-11-8-12(14(18)9-4-2-1-3-5-9)17-7-6-10(13(11)17)15(19)20;/h1-5,8,10H,6-7H2,(H,19,20);/q;+1/p-1. The third kappa shape index (κ3) is 2.71. The number of carboxylic acids is 1. The van der Waals surface area contributed by atoms with Crippen molar-refractivity contribution < 1.29 is 31.8 Å². The Morgan fingerprint density at radius 2 is 1.90 bits per heavy atom. The first-order chi connectivity index (χ1) is 9.59. The van der Waals surface area contributed by atoms with E-state index >= 15 is 0 Å². The topological polar surface area (TPSA) is 62.1 Å². The number of ketones is 1. The van der Waals surface area contributed by atoms with Crippen LogP contribution in [0.4, 0.5) is 0 Å². The minimum absolute atomic E-state index is 0. The van der Waals surface area contributed by atoms with Gasteiger partial charge in [-0.3, -0.25) is 4.79 Å². The van der Waals surface area contributed by atoms with Crippen LogP contribution in [0.15, 0.2) is 40.9 Å². The summed E-state index contributed by atoms with van der Waals surface area (Å²) < 4.78 is 2.43. The normalized spacial score (nSPS) is 16.1. The van der Waals surface area contributed by atoms with Crippen LogP contribution >= 0.6 is 15.9 Å². The van der Waals surface area contributed by atoms with Crippen LogP contribution in [0, 0.1) is 0 Å². The molecular weight excluding hydrogens is 386 g/mol. The van der Waals surface area contributed by atoms with Crippen molar-refractivity contribution in [2.75, 3.05) is 0 Å². The second kappa shape index (κ2) is 6.18. The summed E-state index contributed by atoms with van der Waals surface area (Å²) in [6.07, 6.45) is 0.464. The molecule has 0 fully saturated rings. The van der Waals surface area contributed by atoms with Gasteiger partial charge in [0.1, 0.15) is 0 Å². The minimum atomic E-state index is -1.10. The van der Waals surface area contributed by atoms with Crippen LogP contribution in [0.5, 0.6) is 0 Å². The molecule has 0 saturated carbocycles. The predicted molar refractivity (Wildman–Crippen MR) is 74.4 cm³/mol. The molecule has 1 aromatic carbocycles. The Bertz CT molecular complexity index is 696. The van der Waals surface area contributed by atoms with Crippen molar-refractivity contribution in [2.24, 2.45) is 0 Å². The van der Waals surface area contributed by atoms with Crippen LogP contribution in [0.2, 0.25) is 0 Å². The number of carbonyl (C=O) groups is 2. The van der Waals surface area contributed by atoms with Gasteiger partial charge in [0.05, 0.1) is 11.7 Å². The number of hydrogen-bond donors (Lipinski definition) is 0. The van der Waals surface area contributed by atoms with Crippen molar-refractivity contribution in [1.82, 2.24) is 4.57 Å². The Morgan fingerprint density at radius 3 is 2.52 bits per heavy atom. The molecule has 0 aliphatic carbocycles. The molecule has 1 aromatic heterocycles. The fraction of sp³-hybridized carbons (Fsp3) is 0.200. The van der Waals surface area contributed by atoms with E-state index in [4.69, 9.17) is 0 Å². The van der Waals surface area contributed by atoms with Crippen molar-refractivity contribution in [3.8, 4) is 0 Å². The summed E-state index contributed by atoms with van der Waals surface area (Å²) in [5, 5.41) is 11.1. The molecule has 112 valence electrons. The number of carbonyl (C=O) groups excluding carboxylic acids is 2. The fourth-order valence-corrected chi connectivity index (χ4v) is 3.38. The molecule has 2 aromatic rings. The summed E-state index contributed by atoms with van der Waals surface area (Å²) in [6.45, 7) is 0.521. The van der Waals surface area contributed by atoms with Gasteiger partial charge in [-0.25, -0.2) is 0 Å². The quantitative estimate of drug-likeness (QED) is 0.586. The van der Waals surface area contributed by atoms with Gasteiger partial charge in [0.2, 0.25) is 5.78 Å². The Morgan fingerprint density at radius 1 is 1.24 bits per heavy atom. The molecule has 4 nitrogen and oxygen atoms in total. The van der Waals surface area contributed by atoms with E-state index in [9.17, 15) is 14.7 Å². The Balaban J connectivity index is 0.00000161. The number of aliphatic carboxylic acids is 1. The number of halogens is 1. The number of hydrogen-bond acceptors (Lipinski definition) is 3. The Hall–Kier alpha value is -1.36. The maximum Gasteiger partial charge on any atom is 1.00 e. The maximum atomic E-state index is 12.5. The molecule has 2 heterocycles. The van der Waals surface area contributed by atoms with Gasteiger partial charge >= 0.3 is 17.1 Å². The summed E-state index contributed by atoms with van der Waals surface area (Å²) in [6, 6.07) is 10.7. The van der Waals surface area contributed by atoms with Gasteiger partial charge in [0.15, 0.2) is 0 Å². The second-order valence-corrected chi connectivity index (χ2v) is 5.62. The van der Waals surface area contributed by atoms with Crippen molar-refractivity contribution in [3.05, 3.63) is 57.8 Å². The van der Waals surface area contributed by atoms with E-state index < -0.39 is 11.9 Å². The zero-order valence-corrected chi connectivity index (χ0v) is 13.3. The van der Waals surface area contributed by atoms with Gasteiger partial charge in [0, 0.05) is 28.2 Å². The van der Waals surface area contributed by atoms with Crippen LogP contribution < -0.4 is 5.11 Å². The van der Waals surface area contributed by atoms with Crippen molar-refractivity contribution in [1.29, 1.82) is 0 Å². The van der Waals surface area contributed by atoms with E-state index in [-0.39, 0.29) is 22.9 Å². The molecule has 1 aliphatic rings. The average Bonchev–Trinajstić information content (AvgIpc) is 3.01. The first-order valence-corrected chi connectivity index (χ1v) is 7.08. The minimum Gasteiger partial charge on any atom is -0.549 e. The van der Waals surface area contributed by atoms with Gasteiger partial charge in [-0.05, 0) is 28.4 Å². The van der Waals surface area contributed by atoms with E-state index in [2.05, 4.69) is 15.9 Å². The molecule has 21 heavy (non-hydrogen) atoms. The zero-order chi connectivity index (χ0) is 14.3. The first kappa shape index (κ1) is 16.0. The molecule has 0 saturated heterocycles. The largest absolute Gasteiger partial charge is 1.00 e. The van der Waals surface area contributed by atoms with Gasteiger partial charge in [-0.15, -0.1) is 0 Å². The molecule has 0 N–H and O–H groups in total. The number of carboxylic acid groups (broad SMARTS) is 1. The van der Waals surface area contributed by atoms with Crippen LogP contribution in [0.1, 0.15) is 34.1 Å². The van der Waals surface area contributed by atoms with Gasteiger partial charge in [0.25, 0.3) is 0 Å². The van der Waals surface area contributed by atoms with E-state index in [0.29, 0.717) is 34.4 Å². The smallest absolute Gasteiger partial charge is 0.549 e. The Labute approximate surface area is 140 Å². The molecule has 0 amide bonds. The molecule has 1 atom stereocenters. The van der Waals surface area contributed by atoms with Gasteiger partial charge < -0.3 is 14.5 Å². The molecule has 6 heteroatoms. The molecule has 0 radical (unpaired) electrons. The number of rotatable bonds is 3. The van der Waals surface area contributed by atoms with Gasteiger partial charge in [-0.1, -0.05) is 30.3 Å². The molecule has 1 unspecified atom stereocenters. The van der Waals surface area contributed by atoms with E-state index in [1.807, 2.05) is 6.07 Å². The molecule has 3 rings (SSSR count). The summed E-state index contributed by atoms with van der Waals surface area (Å²) >= 11 is 3.35. The van der Waals surface area contributed by atoms with Crippen LogP contribution in [-0.2, 0) is 28.4 Å². The third-order valence-electron chi connectivity index (χ3n) is 3.61. The van der Waals surface area contributed by atoms with Crippen molar-refractivity contribution in [2.45, 2.75) is 18.9 Å². The van der Waals surface area contributed by atoms with Crippen LogP contribution in [0.3, 0.4) is 0 Å². The van der Waals surface area contributed by atoms with Crippen LogP contribution in [-0.4, -0.2) is 16.3 Å². The maximum absolute atomic E-state index is 12.5. The molecule has 1 aliphatic heterocycles. The Kier molecular flexibility index (Phi) is 4.71. The first-order valence-electron chi connectivity index (χ1n) is 6.29. The molecular formula is C15H11BrCuNO3.